The molecule has 0 radical (unpaired) electrons. The lowest BCUT2D eigenvalue weighted by Crippen LogP contribution is -2.52. The van der Waals surface area contributed by atoms with Crippen molar-refractivity contribution in [2.45, 2.75) is 83.9 Å². The molecular formula is C16H32N2O2. The van der Waals surface area contributed by atoms with E-state index in [2.05, 4.69) is 31.4 Å². The highest BCUT2D eigenvalue weighted by atomic mass is 16.5. The fourth-order valence-corrected chi connectivity index (χ4v) is 2.88. The topological polar surface area (TPSA) is 50.4 Å². The first kappa shape index (κ1) is 17.4. The van der Waals surface area contributed by atoms with Gasteiger partial charge in [0.15, 0.2) is 0 Å². The third-order valence-corrected chi connectivity index (χ3v) is 4.49. The average Bonchev–Trinajstić information content (AvgIpc) is 2.47. The van der Waals surface area contributed by atoms with Crippen LogP contribution in [0.2, 0.25) is 0 Å². The van der Waals surface area contributed by atoms with Crippen LogP contribution in [0.25, 0.3) is 0 Å². The fourth-order valence-electron chi connectivity index (χ4n) is 2.88. The molecule has 2 N–H and O–H groups in total. The Morgan fingerprint density at radius 2 is 2.05 bits per heavy atom. The van der Waals surface area contributed by atoms with E-state index in [9.17, 15) is 4.79 Å². The second-order valence-corrected chi connectivity index (χ2v) is 5.96. The molecule has 1 aliphatic heterocycles. The minimum Gasteiger partial charge on any atom is -0.375 e. The van der Waals surface area contributed by atoms with Gasteiger partial charge in [0.25, 0.3) is 0 Å². The van der Waals surface area contributed by atoms with Crippen molar-refractivity contribution in [3.05, 3.63) is 0 Å². The zero-order valence-electron chi connectivity index (χ0n) is 13.6. The molecule has 2 atom stereocenters. The smallest absolute Gasteiger partial charge is 0.236 e. The summed E-state index contributed by atoms with van der Waals surface area (Å²) in [5.74, 6) is 0.114. The third-order valence-electron chi connectivity index (χ3n) is 4.49. The number of unbranched alkanes of at least 4 members (excludes halogenated alkanes) is 1. The molecule has 1 amide bonds. The Morgan fingerprint density at radius 1 is 1.35 bits per heavy atom. The predicted molar refractivity (Wildman–Crippen MR) is 82.8 cm³/mol. The van der Waals surface area contributed by atoms with E-state index in [0.717, 1.165) is 51.7 Å². The second kappa shape index (κ2) is 8.63. The minimum absolute atomic E-state index is 0.00826. The molecule has 1 aliphatic rings. The molecule has 20 heavy (non-hydrogen) atoms. The van der Waals surface area contributed by atoms with Gasteiger partial charge in [-0.15, -0.1) is 0 Å². The van der Waals surface area contributed by atoms with E-state index >= 15 is 0 Å². The highest BCUT2D eigenvalue weighted by Gasteiger charge is 2.35. The highest BCUT2D eigenvalue weighted by molar-refractivity contribution is 5.81. The average molecular weight is 284 g/mol. The SMILES string of the molecule is CCCCNC(=O)C(C)NC1CCOC(CC)(CC)C1. The first-order chi connectivity index (χ1) is 9.56. The zero-order chi connectivity index (χ0) is 15.0. The predicted octanol–water partition coefficient (Wildman–Crippen LogP) is 2.62. The van der Waals surface area contributed by atoms with Gasteiger partial charge in [0.1, 0.15) is 0 Å². The molecular weight excluding hydrogens is 252 g/mol. The van der Waals surface area contributed by atoms with E-state index in [1.165, 1.54) is 0 Å². The highest BCUT2D eigenvalue weighted by Crippen LogP contribution is 2.31. The maximum absolute atomic E-state index is 12.0. The van der Waals surface area contributed by atoms with Gasteiger partial charge >= 0.3 is 0 Å². The summed E-state index contributed by atoms with van der Waals surface area (Å²) in [6, 6.07) is 0.261. The summed E-state index contributed by atoms with van der Waals surface area (Å²) >= 11 is 0. The fraction of sp³-hybridized carbons (Fsp3) is 0.938. The third kappa shape index (κ3) is 5.06. The van der Waals surface area contributed by atoms with Gasteiger partial charge in [-0.3, -0.25) is 4.79 Å². The molecule has 118 valence electrons. The molecule has 2 unspecified atom stereocenters. The summed E-state index contributed by atoms with van der Waals surface area (Å²) in [6.07, 6.45) is 6.24. The van der Waals surface area contributed by atoms with Gasteiger partial charge in [-0.05, 0) is 39.0 Å². The van der Waals surface area contributed by atoms with E-state index in [4.69, 9.17) is 4.74 Å². The molecule has 1 fully saturated rings. The number of ether oxygens (including phenoxy) is 1. The summed E-state index contributed by atoms with van der Waals surface area (Å²) in [6.45, 7) is 10.0. The van der Waals surface area contributed by atoms with Gasteiger partial charge in [-0.1, -0.05) is 27.2 Å². The quantitative estimate of drug-likeness (QED) is 0.674. The molecule has 0 bridgehead atoms. The molecule has 1 heterocycles. The Bertz CT molecular complexity index is 290. The van der Waals surface area contributed by atoms with Gasteiger partial charge < -0.3 is 15.4 Å². The summed E-state index contributed by atoms with van der Waals surface area (Å²) < 4.78 is 5.98. The van der Waals surface area contributed by atoms with Crippen LogP contribution in [0.4, 0.5) is 0 Å². The van der Waals surface area contributed by atoms with Crippen LogP contribution in [0.15, 0.2) is 0 Å². The van der Waals surface area contributed by atoms with Gasteiger partial charge in [-0.2, -0.15) is 0 Å². The van der Waals surface area contributed by atoms with Crippen molar-refractivity contribution in [2.75, 3.05) is 13.2 Å². The molecule has 0 aliphatic carbocycles. The number of nitrogens with one attached hydrogen (secondary N) is 2. The second-order valence-electron chi connectivity index (χ2n) is 5.96. The first-order valence-corrected chi connectivity index (χ1v) is 8.24. The van der Waals surface area contributed by atoms with Gasteiger partial charge in [-0.25, -0.2) is 0 Å². The minimum atomic E-state index is -0.124. The summed E-state index contributed by atoms with van der Waals surface area (Å²) in [5, 5.41) is 6.47. The van der Waals surface area contributed by atoms with E-state index in [0.29, 0.717) is 6.04 Å². The van der Waals surface area contributed by atoms with Crippen LogP contribution in [0.5, 0.6) is 0 Å². The van der Waals surface area contributed by atoms with Crippen molar-refractivity contribution in [1.82, 2.24) is 10.6 Å². The van der Waals surface area contributed by atoms with Crippen LogP contribution in [-0.2, 0) is 9.53 Å². The number of rotatable bonds is 8. The number of hydrogen-bond acceptors (Lipinski definition) is 3. The Morgan fingerprint density at radius 3 is 2.65 bits per heavy atom. The van der Waals surface area contributed by atoms with Gasteiger partial charge in [0.05, 0.1) is 11.6 Å². The van der Waals surface area contributed by atoms with Gasteiger partial charge in [0, 0.05) is 19.2 Å². The van der Waals surface area contributed by atoms with Crippen molar-refractivity contribution in [3.8, 4) is 0 Å². The summed E-state index contributed by atoms with van der Waals surface area (Å²) in [7, 11) is 0. The van der Waals surface area contributed by atoms with E-state index in [1.807, 2.05) is 6.92 Å². The van der Waals surface area contributed by atoms with Crippen molar-refractivity contribution in [3.63, 3.8) is 0 Å². The van der Waals surface area contributed by atoms with E-state index < -0.39 is 0 Å². The standard InChI is InChI=1S/C16H32N2O2/c1-5-8-10-17-15(19)13(4)18-14-9-11-20-16(6-2,7-3)12-14/h13-14,18H,5-12H2,1-4H3,(H,17,19). The Hall–Kier alpha value is -0.610. The molecule has 0 aromatic heterocycles. The largest absolute Gasteiger partial charge is 0.375 e. The van der Waals surface area contributed by atoms with Crippen LogP contribution in [-0.4, -0.2) is 36.7 Å². The van der Waals surface area contributed by atoms with Crippen molar-refractivity contribution < 1.29 is 9.53 Å². The lowest BCUT2D eigenvalue weighted by molar-refractivity contribution is -0.124. The van der Waals surface area contributed by atoms with Gasteiger partial charge in [0.2, 0.25) is 5.91 Å². The van der Waals surface area contributed by atoms with Crippen molar-refractivity contribution >= 4 is 5.91 Å². The van der Waals surface area contributed by atoms with E-state index in [1.54, 1.807) is 0 Å². The van der Waals surface area contributed by atoms with Crippen LogP contribution < -0.4 is 10.6 Å². The molecule has 0 aromatic carbocycles. The molecule has 1 rings (SSSR count). The maximum Gasteiger partial charge on any atom is 0.236 e. The normalized spacial score (nSPS) is 23.3. The Kier molecular flexibility index (Phi) is 7.52. The molecule has 0 saturated carbocycles. The number of amides is 1. The van der Waals surface area contributed by atoms with Crippen LogP contribution in [0, 0.1) is 0 Å². The van der Waals surface area contributed by atoms with Crippen molar-refractivity contribution in [1.29, 1.82) is 0 Å². The molecule has 4 heteroatoms. The zero-order valence-corrected chi connectivity index (χ0v) is 13.6. The summed E-state index contributed by atoms with van der Waals surface area (Å²) in [5.41, 5.74) is 0.00826. The molecule has 0 spiro atoms. The Labute approximate surface area is 124 Å². The summed E-state index contributed by atoms with van der Waals surface area (Å²) in [4.78, 5) is 12.0. The van der Waals surface area contributed by atoms with Crippen molar-refractivity contribution in [2.24, 2.45) is 0 Å². The van der Waals surface area contributed by atoms with E-state index in [-0.39, 0.29) is 17.6 Å². The maximum atomic E-state index is 12.0. The van der Waals surface area contributed by atoms with Crippen LogP contribution in [0.3, 0.4) is 0 Å². The molecule has 1 saturated heterocycles. The van der Waals surface area contributed by atoms with Crippen LogP contribution in [0.1, 0.15) is 66.2 Å². The Balaban J connectivity index is 2.41. The lowest BCUT2D eigenvalue weighted by Gasteiger charge is -2.41. The number of carbonyl (C=O) groups excluding carboxylic acids is 1. The number of hydrogen-bond donors (Lipinski definition) is 2. The number of carbonyl (C=O) groups is 1. The molecule has 0 aromatic rings. The lowest BCUT2D eigenvalue weighted by atomic mass is 9.85. The van der Waals surface area contributed by atoms with Crippen LogP contribution >= 0.6 is 0 Å². The monoisotopic (exact) mass is 284 g/mol. The first-order valence-electron chi connectivity index (χ1n) is 8.24. The molecule has 4 nitrogen and oxygen atoms in total.